The van der Waals surface area contributed by atoms with Crippen molar-refractivity contribution < 1.29 is 5.11 Å². The van der Waals surface area contributed by atoms with Gasteiger partial charge in [0.2, 0.25) is 0 Å². The first-order valence-electron chi connectivity index (χ1n) is 4.93. The first-order chi connectivity index (χ1) is 6.80. The average Bonchev–Trinajstić information content (AvgIpc) is 2.95. The molecule has 1 aliphatic carbocycles. The van der Waals surface area contributed by atoms with Crippen molar-refractivity contribution >= 4 is 0 Å². The minimum Gasteiger partial charge on any atom is -0.394 e. The fourth-order valence-electron chi connectivity index (χ4n) is 1.91. The Balaban J connectivity index is 2.10. The lowest BCUT2D eigenvalue weighted by Crippen LogP contribution is -2.52. The Bertz CT molecular complexity index is 277. The molecule has 1 aromatic heterocycles. The summed E-state index contributed by atoms with van der Waals surface area (Å²) in [6.07, 6.45) is 5.58. The van der Waals surface area contributed by atoms with Crippen LogP contribution in [0.15, 0.2) is 12.7 Å². The SMILES string of the molecule is CNC(CO)(Cn1cncn1)C1CC1. The molecule has 0 spiro atoms. The van der Waals surface area contributed by atoms with Crippen LogP contribution in [-0.2, 0) is 6.54 Å². The van der Waals surface area contributed by atoms with E-state index < -0.39 is 0 Å². The van der Waals surface area contributed by atoms with Gasteiger partial charge in [0.05, 0.1) is 18.7 Å². The molecule has 1 atom stereocenters. The monoisotopic (exact) mass is 196 g/mol. The van der Waals surface area contributed by atoms with Gasteiger partial charge in [-0.1, -0.05) is 0 Å². The minimum atomic E-state index is -0.215. The summed E-state index contributed by atoms with van der Waals surface area (Å²) in [4.78, 5) is 3.90. The average molecular weight is 196 g/mol. The van der Waals surface area contributed by atoms with Gasteiger partial charge in [-0.2, -0.15) is 5.10 Å². The fraction of sp³-hybridized carbons (Fsp3) is 0.778. The molecule has 5 heteroatoms. The summed E-state index contributed by atoms with van der Waals surface area (Å²) in [6.45, 7) is 0.832. The number of aliphatic hydroxyl groups excluding tert-OH is 1. The van der Waals surface area contributed by atoms with Gasteiger partial charge in [0, 0.05) is 0 Å². The van der Waals surface area contributed by atoms with E-state index in [0.717, 1.165) is 0 Å². The van der Waals surface area contributed by atoms with Gasteiger partial charge in [-0.3, -0.25) is 4.68 Å². The Morgan fingerprint density at radius 3 is 2.86 bits per heavy atom. The molecule has 1 aromatic rings. The van der Waals surface area contributed by atoms with Gasteiger partial charge in [-0.25, -0.2) is 4.98 Å². The highest BCUT2D eigenvalue weighted by atomic mass is 16.3. The maximum absolute atomic E-state index is 9.46. The zero-order valence-corrected chi connectivity index (χ0v) is 8.35. The second kappa shape index (κ2) is 3.67. The molecule has 1 aliphatic rings. The van der Waals surface area contributed by atoms with Crippen LogP contribution in [0.2, 0.25) is 0 Å². The molecule has 1 saturated carbocycles. The third kappa shape index (κ3) is 1.65. The van der Waals surface area contributed by atoms with E-state index in [4.69, 9.17) is 0 Å². The van der Waals surface area contributed by atoms with Crippen LogP contribution in [0.3, 0.4) is 0 Å². The Labute approximate surface area is 83.2 Å². The van der Waals surface area contributed by atoms with Gasteiger partial charge >= 0.3 is 0 Å². The third-order valence-corrected chi connectivity index (χ3v) is 3.05. The zero-order chi connectivity index (χ0) is 10.0. The van der Waals surface area contributed by atoms with Crippen LogP contribution in [0.25, 0.3) is 0 Å². The van der Waals surface area contributed by atoms with Crippen LogP contribution in [0.4, 0.5) is 0 Å². The van der Waals surface area contributed by atoms with E-state index in [1.54, 1.807) is 11.0 Å². The molecule has 0 amide bonds. The molecular formula is C9H16N4O. The second-order valence-corrected chi connectivity index (χ2v) is 3.93. The standard InChI is InChI=1S/C9H16N4O/c1-10-9(5-14,8-2-3-8)4-13-7-11-6-12-13/h6-8,10,14H,2-5H2,1H3. The van der Waals surface area contributed by atoms with E-state index in [1.807, 2.05) is 7.05 Å². The predicted octanol–water partition coefficient (Wildman–Crippen LogP) is -0.361. The fourth-order valence-corrected chi connectivity index (χ4v) is 1.91. The molecule has 0 radical (unpaired) electrons. The van der Waals surface area contributed by atoms with Gasteiger partial charge in [0.1, 0.15) is 12.7 Å². The highest BCUT2D eigenvalue weighted by Gasteiger charge is 2.44. The van der Waals surface area contributed by atoms with Gasteiger partial charge in [-0.15, -0.1) is 0 Å². The van der Waals surface area contributed by atoms with Gasteiger partial charge in [0.15, 0.2) is 0 Å². The normalized spacial score (nSPS) is 20.7. The summed E-state index contributed by atoms with van der Waals surface area (Å²) >= 11 is 0. The number of nitrogens with zero attached hydrogens (tertiary/aromatic N) is 3. The molecule has 0 bridgehead atoms. The summed E-state index contributed by atoms with van der Waals surface area (Å²) in [5.41, 5.74) is -0.215. The molecule has 1 unspecified atom stereocenters. The second-order valence-electron chi connectivity index (χ2n) is 3.93. The van der Waals surface area contributed by atoms with Crippen LogP contribution < -0.4 is 5.32 Å². The van der Waals surface area contributed by atoms with E-state index in [2.05, 4.69) is 15.4 Å². The lowest BCUT2D eigenvalue weighted by molar-refractivity contribution is 0.126. The summed E-state index contributed by atoms with van der Waals surface area (Å²) in [6, 6.07) is 0. The minimum absolute atomic E-state index is 0.147. The summed E-state index contributed by atoms with van der Waals surface area (Å²) in [5, 5.41) is 16.8. The van der Waals surface area contributed by atoms with Crippen LogP contribution >= 0.6 is 0 Å². The first-order valence-corrected chi connectivity index (χ1v) is 4.93. The number of likely N-dealkylation sites (N-methyl/N-ethyl adjacent to an activating group) is 1. The Kier molecular flexibility index (Phi) is 2.52. The van der Waals surface area contributed by atoms with Crippen LogP contribution in [-0.4, -0.2) is 39.1 Å². The topological polar surface area (TPSA) is 63.0 Å². The molecular weight excluding hydrogens is 180 g/mol. The first kappa shape index (κ1) is 9.61. The predicted molar refractivity (Wildman–Crippen MR) is 51.6 cm³/mol. The molecule has 5 nitrogen and oxygen atoms in total. The number of hydrogen-bond acceptors (Lipinski definition) is 4. The van der Waals surface area contributed by atoms with E-state index >= 15 is 0 Å². The smallest absolute Gasteiger partial charge is 0.137 e. The largest absolute Gasteiger partial charge is 0.394 e. The van der Waals surface area contributed by atoms with Crippen molar-refractivity contribution in [3.05, 3.63) is 12.7 Å². The Morgan fingerprint density at radius 2 is 2.43 bits per heavy atom. The summed E-state index contributed by atoms with van der Waals surface area (Å²) in [5.74, 6) is 0.571. The molecule has 78 valence electrons. The van der Waals surface area contributed by atoms with Crippen molar-refractivity contribution in [1.29, 1.82) is 0 Å². The lowest BCUT2D eigenvalue weighted by atomic mass is 9.94. The molecule has 0 aromatic carbocycles. The van der Waals surface area contributed by atoms with Crippen molar-refractivity contribution in [1.82, 2.24) is 20.1 Å². The van der Waals surface area contributed by atoms with Crippen molar-refractivity contribution in [2.45, 2.75) is 24.9 Å². The van der Waals surface area contributed by atoms with Gasteiger partial charge < -0.3 is 10.4 Å². The van der Waals surface area contributed by atoms with Crippen LogP contribution in [0, 0.1) is 5.92 Å². The number of hydrogen-bond donors (Lipinski definition) is 2. The van der Waals surface area contributed by atoms with Crippen molar-refractivity contribution in [3.63, 3.8) is 0 Å². The molecule has 1 fully saturated rings. The van der Waals surface area contributed by atoms with Crippen LogP contribution in [0.5, 0.6) is 0 Å². The molecule has 2 N–H and O–H groups in total. The van der Waals surface area contributed by atoms with Gasteiger partial charge in [-0.05, 0) is 25.8 Å². The maximum Gasteiger partial charge on any atom is 0.137 e. The van der Waals surface area contributed by atoms with Crippen molar-refractivity contribution in [2.24, 2.45) is 5.92 Å². The third-order valence-electron chi connectivity index (χ3n) is 3.05. The van der Waals surface area contributed by atoms with E-state index in [1.165, 1.54) is 19.2 Å². The maximum atomic E-state index is 9.46. The Morgan fingerprint density at radius 1 is 1.64 bits per heavy atom. The molecule has 1 heterocycles. The van der Waals surface area contributed by atoms with E-state index in [-0.39, 0.29) is 12.1 Å². The van der Waals surface area contributed by atoms with Crippen molar-refractivity contribution in [2.75, 3.05) is 13.7 Å². The lowest BCUT2D eigenvalue weighted by Gasteiger charge is -2.31. The number of aromatic nitrogens is 3. The summed E-state index contributed by atoms with van der Waals surface area (Å²) < 4.78 is 1.77. The quantitative estimate of drug-likeness (QED) is 0.675. The van der Waals surface area contributed by atoms with E-state index in [9.17, 15) is 5.11 Å². The van der Waals surface area contributed by atoms with Gasteiger partial charge in [0.25, 0.3) is 0 Å². The molecule has 0 aliphatic heterocycles. The summed E-state index contributed by atoms with van der Waals surface area (Å²) in [7, 11) is 1.89. The number of rotatable bonds is 5. The highest BCUT2D eigenvalue weighted by Crippen LogP contribution is 2.40. The number of aliphatic hydroxyl groups is 1. The zero-order valence-electron chi connectivity index (χ0n) is 8.35. The van der Waals surface area contributed by atoms with Crippen LogP contribution in [0.1, 0.15) is 12.8 Å². The Hall–Kier alpha value is -0.940. The number of nitrogens with one attached hydrogen (secondary N) is 1. The molecule has 2 rings (SSSR count). The molecule has 14 heavy (non-hydrogen) atoms. The van der Waals surface area contributed by atoms with E-state index in [0.29, 0.717) is 12.5 Å². The highest BCUT2D eigenvalue weighted by molar-refractivity contribution is 4.99. The molecule has 0 saturated heterocycles. The van der Waals surface area contributed by atoms with Crippen molar-refractivity contribution in [3.8, 4) is 0 Å².